The Labute approximate surface area is 130 Å². The van der Waals surface area contributed by atoms with Crippen LogP contribution in [-0.2, 0) is 6.42 Å². The van der Waals surface area contributed by atoms with Crippen LogP contribution in [-0.4, -0.2) is 30.3 Å². The monoisotopic (exact) mass is 291 g/mol. The predicted octanol–water partition coefficient (Wildman–Crippen LogP) is 4.29. The van der Waals surface area contributed by atoms with Crippen molar-refractivity contribution in [3.63, 3.8) is 0 Å². The number of benzene rings is 1. The number of thiol groups is 1. The zero-order valence-corrected chi connectivity index (χ0v) is 13.7. The number of likely N-dealkylation sites (tertiary alicyclic amines) is 1. The normalized spacial score (nSPS) is 19.1. The van der Waals surface area contributed by atoms with Gasteiger partial charge in [0.05, 0.1) is 0 Å². The molecule has 1 aliphatic rings. The average Bonchev–Trinajstić information content (AvgIpc) is 2.50. The predicted molar refractivity (Wildman–Crippen MR) is 91.6 cm³/mol. The Hall–Kier alpha value is -0.470. The molecule has 1 nitrogen and oxygen atoms in total. The summed E-state index contributed by atoms with van der Waals surface area (Å²) in [4.78, 5) is 2.66. The maximum atomic E-state index is 4.51. The Morgan fingerprint density at radius 1 is 1.20 bits per heavy atom. The van der Waals surface area contributed by atoms with E-state index in [0.717, 1.165) is 17.6 Å². The summed E-state index contributed by atoms with van der Waals surface area (Å²) < 4.78 is 0. The molecule has 2 heteroatoms. The molecule has 2 rings (SSSR count). The molecule has 0 aliphatic carbocycles. The van der Waals surface area contributed by atoms with E-state index in [1.807, 2.05) is 0 Å². The summed E-state index contributed by atoms with van der Waals surface area (Å²) in [7, 11) is 0. The van der Waals surface area contributed by atoms with Gasteiger partial charge in [-0.05, 0) is 61.9 Å². The van der Waals surface area contributed by atoms with Gasteiger partial charge in [0.25, 0.3) is 0 Å². The van der Waals surface area contributed by atoms with Crippen LogP contribution in [0.4, 0.5) is 0 Å². The maximum Gasteiger partial charge on any atom is 0.00175 e. The van der Waals surface area contributed by atoms with Gasteiger partial charge in [-0.25, -0.2) is 0 Å². The van der Waals surface area contributed by atoms with E-state index in [0.29, 0.717) is 0 Å². The van der Waals surface area contributed by atoms with Crippen LogP contribution in [0.3, 0.4) is 0 Å². The first kappa shape index (κ1) is 15.9. The minimum Gasteiger partial charge on any atom is -0.303 e. The summed E-state index contributed by atoms with van der Waals surface area (Å²) in [6.45, 7) is 6.11. The third kappa shape index (κ3) is 5.14. The van der Waals surface area contributed by atoms with Crippen LogP contribution >= 0.6 is 12.6 Å². The fourth-order valence-electron chi connectivity index (χ4n) is 3.33. The summed E-state index contributed by atoms with van der Waals surface area (Å²) in [5.41, 5.74) is 1.50. The summed E-state index contributed by atoms with van der Waals surface area (Å²) in [5, 5.41) is 0. The molecule has 112 valence electrons. The van der Waals surface area contributed by atoms with Gasteiger partial charge in [-0.15, -0.1) is 0 Å². The second-order valence-corrected chi connectivity index (χ2v) is 6.64. The van der Waals surface area contributed by atoms with Crippen molar-refractivity contribution in [1.29, 1.82) is 0 Å². The van der Waals surface area contributed by atoms with Crippen molar-refractivity contribution in [3.05, 3.63) is 35.9 Å². The lowest BCUT2D eigenvalue weighted by atomic mass is 9.89. The van der Waals surface area contributed by atoms with Gasteiger partial charge in [-0.1, -0.05) is 43.7 Å². The minimum atomic E-state index is 0.786. The molecule has 1 unspecified atom stereocenters. The molecule has 0 N–H and O–H groups in total. The third-order valence-electron chi connectivity index (χ3n) is 4.55. The second kappa shape index (κ2) is 8.74. The van der Waals surface area contributed by atoms with Gasteiger partial charge in [0.2, 0.25) is 0 Å². The van der Waals surface area contributed by atoms with Crippen molar-refractivity contribution in [2.75, 3.05) is 25.4 Å². The van der Waals surface area contributed by atoms with E-state index >= 15 is 0 Å². The average molecular weight is 292 g/mol. The van der Waals surface area contributed by atoms with Crippen molar-refractivity contribution in [2.45, 2.75) is 39.0 Å². The molecule has 1 aromatic rings. The molecule has 1 heterocycles. The molecule has 1 aliphatic heterocycles. The molecule has 0 spiro atoms. The van der Waals surface area contributed by atoms with Crippen LogP contribution in [0.1, 0.15) is 38.2 Å². The maximum absolute atomic E-state index is 4.51. The summed E-state index contributed by atoms with van der Waals surface area (Å²) >= 11 is 4.51. The van der Waals surface area contributed by atoms with Crippen LogP contribution in [0.25, 0.3) is 0 Å². The van der Waals surface area contributed by atoms with E-state index in [1.165, 1.54) is 57.3 Å². The first-order chi connectivity index (χ1) is 9.81. The van der Waals surface area contributed by atoms with Gasteiger partial charge >= 0.3 is 0 Å². The summed E-state index contributed by atoms with van der Waals surface area (Å²) in [5.74, 6) is 2.71. The standard InChI is InChI=1S/C18H29NS/c1-2-6-18(15-20)14-19-11-9-17(10-12-19)13-16-7-4-3-5-8-16/h3-5,7-8,17-18,20H,2,6,9-15H2,1H3. The van der Waals surface area contributed by atoms with Crippen LogP contribution in [0, 0.1) is 11.8 Å². The van der Waals surface area contributed by atoms with E-state index in [-0.39, 0.29) is 0 Å². The molecule has 0 aromatic heterocycles. The molecular weight excluding hydrogens is 262 g/mol. The molecule has 0 bridgehead atoms. The zero-order chi connectivity index (χ0) is 14.2. The number of hydrogen-bond donors (Lipinski definition) is 1. The molecular formula is C18H29NS. The fraction of sp³-hybridized carbons (Fsp3) is 0.667. The highest BCUT2D eigenvalue weighted by molar-refractivity contribution is 7.80. The van der Waals surface area contributed by atoms with E-state index in [1.54, 1.807) is 0 Å². The highest BCUT2D eigenvalue weighted by Gasteiger charge is 2.21. The lowest BCUT2D eigenvalue weighted by molar-refractivity contribution is 0.162. The Morgan fingerprint density at radius 3 is 2.50 bits per heavy atom. The van der Waals surface area contributed by atoms with Gasteiger partial charge in [0.15, 0.2) is 0 Å². The van der Waals surface area contributed by atoms with Crippen molar-refractivity contribution < 1.29 is 0 Å². The highest BCUT2D eigenvalue weighted by Crippen LogP contribution is 2.23. The molecule has 1 saturated heterocycles. The van der Waals surface area contributed by atoms with Crippen LogP contribution in [0.15, 0.2) is 30.3 Å². The van der Waals surface area contributed by atoms with Crippen molar-refractivity contribution in [3.8, 4) is 0 Å². The minimum absolute atomic E-state index is 0.786. The van der Waals surface area contributed by atoms with Gasteiger partial charge in [0, 0.05) is 6.54 Å². The lowest BCUT2D eigenvalue weighted by Gasteiger charge is -2.34. The molecule has 0 amide bonds. The molecule has 0 saturated carbocycles. The van der Waals surface area contributed by atoms with Crippen molar-refractivity contribution in [1.82, 2.24) is 4.90 Å². The molecule has 1 atom stereocenters. The van der Waals surface area contributed by atoms with E-state index in [2.05, 4.69) is 54.8 Å². The molecule has 1 fully saturated rings. The number of nitrogens with zero attached hydrogens (tertiary/aromatic N) is 1. The third-order valence-corrected chi connectivity index (χ3v) is 5.06. The Kier molecular flexibility index (Phi) is 6.95. The largest absolute Gasteiger partial charge is 0.303 e. The SMILES string of the molecule is CCCC(CS)CN1CCC(Cc2ccccc2)CC1. The van der Waals surface area contributed by atoms with E-state index in [9.17, 15) is 0 Å². The second-order valence-electron chi connectivity index (χ2n) is 6.27. The van der Waals surface area contributed by atoms with E-state index in [4.69, 9.17) is 0 Å². The van der Waals surface area contributed by atoms with Gasteiger partial charge in [0.1, 0.15) is 0 Å². The molecule has 20 heavy (non-hydrogen) atoms. The van der Waals surface area contributed by atoms with E-state index < -0.39 is 0 Å². The van der Waals surface area contributed by atoms with Gasteiger partial charge in [-0.2, -0.15) is 12.6 Å². The Balaban J connectivity index is 1.72. The van der Waals surface area contributed by atoms with Crippen LogP contribution in [0.5, 0.6) is 0 Å². The van der Waals surface area contributed by atoms with Crippen molar-refractivity contribution in [2.24, 2.45) is 11.8 Å². The topological polar surface area (TPSA) is 3.24 Å². The number of rotatable bonds is 7. The molecule has 1 aromatic carbocycles. The smallest absolute Gasteiger partial charge is 0.00175 e. The van der Waals surface area contributed by atoms with Gasteiger partial charge in [-0.3, -0.25) is 0 Å². The number of piperidine rings is 1. The first-order valence-electron chi connectivity index (χ1n) is 8.19. The van der Waals surface area contributed by atoms with Gasteiger partial charge < -0.3 is 4.90 Å². The zero-order valence-electron chi connectivity index (χ0n) is 12.8. The first-order valence-corrected chi connectivity index (χ1v) is 8.82. The van der Waals surface area contributed by atoms with Crippen LogP contribution < -0.4 is 0 Å². The Bertz CT molecular complexity index is 357. The quantitative estimate of drug-likeness (QED) is 0.734. The lowest BCUT2D eigenvalue weighted by Crippen LogP contribution is -2.38. The Morgan fingerprint density at radius 2 is 1.90 bits per heavy atom. The van der Waals surface area contributed by atoms with Crippen LogP contribution in [0.2, 0.25) is 0 Å². The fourth-order valence-corrected chi connectivity index (χ4v) is 3.63. The molecule has 0 radical (unpaired) electrons. The van der Waals surface area contributed by atoms with Crippen molar-refractivity contribution >= 4 is 12.6 Å². The summed E-state index contributed by atoms with van der Waals surface area (Å²) in [6, 6.07) is 11.0. The number of hydrogen-bond acceptors (Lipinski definition) is 2. The highest BCUT2D eigenvalue weighted by atomic mass is 32.1. The summed E-state index contributed by atoms with van der Waals surface area (Å²) in [6.07, 6.45) is 6.60.